The van der Waals surface area contributed by atoms with Crippen LogP contribution in [0.15, 0.2) is 84.9 Å². The second kappa shape index (κ2) is 14.7. The number of rotatable bonds is 14. The third kappa shape index (κ3) is 9.30. The van der Waals surface area contributed by atoms with Gasteiger partial charge in [-0.2, -0.15) is 0 Å². The van der Waals surface area contributed by atoms with Gasteiger partial charge in [0.05, 0.1) is 25.9 Å². The minimum absolute atomic E-state index is 0.0938. The third-order valence-electron chi connectivity index (χ3n) is 7.00. The van der Waals surface area contributed by atoms with E-state index in [2.05, 4.69) is 12.1 Å². The van der Waals surface area contributed by atoms with E-state index in [0.717, 1.165) is 21.9 Å². The molecule has 40 heavy (non-hydrogen) atoms. The van der Waals surface area contributed by atoms with Crippen LogP contribution in [0.2, 0.25) is 0 Å². The van der Waals surface area contributed by atoms with Crippen LogP contribution in [0.3, 0.4) is 0 Å². The molecule has 0 unspecified atom stereocenters. The molecule has 0 aliphatic rings. The van der Waals surface area contributed by atoms with Crippen LogP contribution in [-0.2, 0) is 27.2 Å². The lowest BCUT2D eigenvalue weighted by molar-refractivity contribution is -0.144. The number of carbonyl (C=O) groups excluding carboxylic acids is 2. The number of benzene rings is 3. The first-order valence-corrected chi connectivity index (χ1v) is 13.8. The molecule has 0 saturated heterocycles. The number of amides is 2. The SMILES string of the molecule is CN(C(=O)[C@@H](Cc1ccc2ccccc2c1)N(C)C(=O)/C=C/CC(C)(C)N)[C@@H](COCCO)Cc1ccccc1. The molecule has 3 aromatic rings. The molecule has 7 heteroatoms. The van der Waals surface area contributed by atoms with Gasteiger partial charge in [0.25, 0.3) is 0 Å². The number of aliphatic hydroxyl groups excluding tert-OH is 1. The van der Waals surface area contributed by atoms with Gasteiger partial charge < -0.3 is 25.4 Å². The van der Waals surface area contributed by atoms with E-state index in [-0.39, 0.29) is 37.7 Å². The number of ether oxygens (including phenoxy) is 1. The maximum Gasteiger partial charge on any atom is 0.246 e. The summed E-state index contributed by atoms with van der Waals surface area (Å²) in [6.07, 6.45) is 4.75. The average molecular weight is 546 g/mol. The van der Waals surface area contributed by atoms with Crippen molar-refractivity contribution < 1.29 is 19.4 Å². The molecule has 3 N–H and O–H groups in total. The summed E-state index contributed by atoms with van der Waals surface area (Å²) < 4.78 is 5.68. The summed E-state index contributed by atoms with van der Waals surface area (Å²) in [5.74, 6) is -0.432. The summed E-state index contributed by atoms with van der Waals surface area (Å²) in [4.78, 5) is 30.6. The zero-order chi connectivity index (χ0) is 29.1. The van der Waals surface area contributed by atoms with Gasteiger partial charge in [-0.25, -0.2) is 0 Å². The summed E-state index contributed by atoms with van der Waals surface area (Å²) in [6.45, 7) is 4.16. The zero-order valence-electron chi connectivity index (χ0n) is 24.1. The zero-order valence-corrected chi connectivity index (χ0v) is 24.1. The highest BCUT2D eigenvalue weighted by molar-refractivity contribution is 5.93. The van der Waals surface area contributed by atoms with Crippen LogP contribution in [0.4, 0.5) is 0 Å². The largest absolute Gasteiger partial charge is 0.394 e. The monoisotopic (exact) mass is 545 g/mol. The number of hydrogen-bond acceptors (Lipinski definition) is 5. The number of nitrogens with two attached hydrogens (primary N) is 1. The fourth-order valence-corrected chi connectivity index (χ4v) is 4.61. The van der Waals surface area contributed by atoms with Crippen LogP contribution < -0.4 is 5.73 Å². The van der Waals surface area contributed by atoms with E-state index in [4.69, 9.17) is 10.5 Å². The molecule has 0 aliphatic heterocycles. The van der Waals surface area contributed by atoms with Crippen molar-refractivity contribution in [1.29, 1.82) is 0 Å². The van der Waals surface area contributed by atoms with E-state index in [9.17, 15) is 14.7 Å². The fourth-order valence-electron chi connectivity index (χ4n) is 4.61. The quantitative estimate of drug-likeness (QED) is 0.236. The number of likely N-dealkylation sites (N-methyl/N-ethyl adjacent to an activating group) is 2. The van der Waals surface area contributed by atoms with E-state index in [1.165, 1.54) is 11.0 Å². The van der Waals surface area contributed by atoms with Crippen LogP contribution in [0.1, 0.15) is 31.4 Å². The van der Waals surface area contributed by atoms with Crippen molar-refractivity contribution in [2.75, 3.05) is 33.9 Å². The molecule has 3 aromatic carbocycles. The molecule has 0 radical (unpaired) electrons. The molecule has 0 fully saturated rings. The van der Waals surface area contributed by atoms with Gasteiger partial charge in [0, 0.05) is 26.1 Å². The second-order valence-electron chi connectivity index (χ2n) is 11.0. The van der Waals surface area contributed by atoms with Crippen molar-refractivity contribution in [2.24, 2.45) is 5.73 Å². The number of fused-ring (bicyclic) bond motifs is 1. The third-order valence-corrected chi connectivity index (χ3v) is 7.00. The van der Waals surface area contributed by atoms with Crippen molar-refractivity contribution >= 4 is 22.6 Å². The molecule has 3 rings (SSSR count). The lowest BCUT2D eigenvalue weighted by Crippen LogP contribution is -2.53. The van der Waals surface area contributed by atoms with Crippen molar-refractivity contribution in [3.05, 3.63) is 96.1 Å². The standard InChI is InChI=1S/C33H43N3O4/c1-33(2,34)18-10-15-31(38)36(4)30(23-26-16-17-27-13-8-9-14-28(27)21-26)32(39)35(3)29(24-40-20-19-37)22-25-11-6-5-7-12-25/h5-17,21,29-30,37H,18-20,22-24,34H2,1-4H3/b15-10+/t29-,30-/m1/s1. The summed E-state index contributed by atoms with van der Waals surface area (Å²) in [6, 6.07) is 23.1. The molecule has 0 bridgehead atoms. The predicted octanol–water partition coefficient (Wildman–Crippen LogP) is 3.97. The number of aliphatic hydroxyl groups is 1. The Kier molecular flexibility index (Phi) is 11.4. The van der Waals surface area contributed by atoms with Gasteiger partial charge in [-0.1, -0.05) is 78.9 Å². The lowest BCUT2D eigenvalue weighted by atomic mass is 9.98. The predicted molar refractivity (Wildman–Crippen MR) is 161 cm³/mol. The normalized spacial score (nSPS) is 13.3. The molecule has 2 amide bonds. The molecule has 0 spiro atoms. The van der Waals surface area contributed by atoms with Crippen LogP contribution in [0, 0.1) is 0 Å². The topological polar surface area (TPSA) is 96.1 Å². The molecule has 214 valence electrons. The van der Waals surface area contributed by atoms with Crippen molar-refractivity contribution in [3.63, 3.8) is 0 Å². The van der Waals surface area contributed by atoms with Crippen LogP contribution in [-0.4, -0.2) is 78.3 Å². The smallest absolute Gasteiger partial charge is 0.246 e. The van der Waals surface area contributed by atoms with Gasteiger partial charge in [0.1, 0.15) is 6.04 Å². The first-order valence-electron chi connectivity index (χ1n) is 13.8. The Balaban J connectivity index is 1.90. The highest BCUT2D eigenvalue weighted by atomic mass is 16.5. The summed E-state index contributed by atoms with van der Waals surface area (Å²) in [7, 11) is 3.43. The number of carbonyl (C=O) groups is 2. The minimum Gasteiger partial charge on any atom is -0.394 e. The first-order chi connectivity index (χ1) is 19.1. The highest BCUT2D eigenvalue weighted by Crippen LogP contribution is 2.20. The van der Waals surface area contributed by atoms with Gasteiger partial charge in [0.15, 0.2) is 0 Å². The van der Waals surface area contributed by atoms with Crippen molar-refractivity contribution in [3.8, 4) is 0 Å². The van der Waals surface area contributed by atoms with E-state index in [1.54, 1.807) is 25.1 Å². The van der Waals surface area contributed by atoms with Gasteiger partial charge >= 0.3 is 0 Å². The minimum atomic E-state index is -0.731. The summed E-state index contributed by atoms with van der Waals surface area (Å²) >= 11 is 0. The molecule has 0 saturated carbocycles. The maximum absolute atomic E-state index is 14.1. The van der Waals surface area contributed by atoms with Gasteiger partial charge in [-0.15, -0.1) is 0 Å². The maximum atomic E-state index is 14.1. The Hall–Kier alpha value is -3.52. The van der Waals surface area contributed by atoms with E-state index < -0.39 is 11.6 Å². The summed E-state index contributed by atoms with van der Waals surface area (Å²) in [5, 5.41) is 11.4. The Morgan fingerprint density at radius 1 is 0.925 bits per heavy atom. The Bertz CT molecular complexity index is 1270. The molecular formula is C33H43N3O4. The van der Waals surface area contributed by atoms with Crippen LogP contribution >= 0.6 is 0 Å². The number of hydrogen-bond donors (Lipinski definition) is 2. The van der Waals surface area contributed by atoms with Crippen LogP contribution in [0.25, 0.3) is 10.8 Å². The van der Waals surface area contributed by atoms with Gasteiger partial charge in [-0.05, 0) is 54.7 Å². The first kappa shape index (κ1) is 31.0. The van der Waals surface area contributed by atoms with Crippen molar-refractivity contribution in [2.45, 2.75) is 50.7 Å². The fraction of sp³-hybridized carbons (Fsp3) is 0.394. The summed E-state index contributed by atoms with van der Waals surface area (Å²) in [5.41, 5.74) is 7.68. The molecule has 2 atom stereocenters. The Labute approximate surface area is 238 Å². The van der Waals surface area contributed by atoms with Crippen LogP contribution in [0.5, 0.6) is 0 Å². The average Bonchev–Trinajstić information content (AvgIpc) is 2.94. The van der Waals surface area contributed by atoms with E-state index in [1.807, 2.05) is 74.5 Å². The molecule has 0 aliphatic carbocycles. The lowest BCUT2D eigenvalue weighted by Gasteiger charge is -2.35. The van der Waals surface area contributed by atoms with Gasteiger partial charge in [0.2, 0.25) is 11.8 Å². The molecule has 0 heterocycles. The second-order valence-corrected chi connectivity index (χ2v) is 11.0. The highest BCUT2D eigenvalue weighted by Gasteiger charge is 2.32. The van der Waals surface area contributed by atoms with E-state index >= 15 is 0 Å². The Morgan fingerprint density at radius 3 is 2.27 bits per heavy atom. The molecule has 0 aromatic heterocycles. The van der Waals surface area contributed by atoms with Crippen molar-refractivity contribution in [1.82, 2.24) is 9.80 Å². The van der Waals surface area contributed by atoms with Gasteiger partial charge in [-0.3, -0.25) is 9.59 Å². The molecule has 7 nitrogen and oxygen atoms in total. The number of nitrogens with zero attached hydrogens (tertiary/aromatic N) is 2. The Morgan fingerprint density at radius 2 is 1.60 bits per heavy atom. The van der Waals surface area contributed by atoms with E-state index in [0.29, 0.717) is 19.3 Å². The molecular weight excluding hydrogens is 502 g/mol.